The zero-order valence-electron chi connectivity index (χ0n) is 6.65. The molecule has 0 fully saturated rings. The molecule has 0 amide bonds. The smallest absolute Gasteiger partial charge is 0.166 e. The van der Waals surface area contributed by atoms with Crippen molar-refractivity contribution in [2.45, 2.75) is 6.18 Å². The predicted octanol–water partition coefficient (Wildman–Crippen LogP) is 4.37. The Balaban J connectivity index is 2.70. The Kier molecular flexibility index (Phi) is 2.20. The normalized spacial score (nSPS) is 12.3. The van der Waals surface area contributed by atoms with Crippen molar-refractivity contribution in [3.05, 3.63) is 34.2 Å². The van der Waals surface area contributed by atoms with Crippen molar-refractivity contribution < 1.29 is 13.2 Å². The Hall–Kier alpha value is -0.740. The third-order valence-corrected chi connectivity index (χ3v) is 2.86. The molecule has 0 aliphatic carbocycles. The van der Waals surface area contributed by atoms with Crippen LogP contribution in [-0.2, 0) is 6.18 Å². The van der Waals surface area contributed by atoms with Gasteiger partial charge in [0.15, 0.2) is 0 Å². The lowest BCUT2D eigenvalue weighted by molar-refractivity contribution is -0.136. The van der Waals surface area contributed by atoms with Crippen LogP contribution in [0.1, 0.15) is 5.56 Å². The third-order valence-electron chi connectivity index (χ3n) is 1.76. The molecule has 1 aromatic heterocycles. The summed E-state index contributed by atoms with van der Waals surface area (Å²) in [6.07, 6.45) is -4.34. The van der Waals surface area contributed by atoms with Gasteiger partial charge in [0.05, 0.1) is 10.9 Å². The molecule has 0 saturated heterocycles. The summed E-state index contributed by atoms with van der Waals surface area (Å²) in [5, 5.41) is 2.83. The minimum absolute atomic E-state index is 0.159. The van der Waals surface area contributed by atoms with E-state index in [-0.39, 0.29) is 5.39 Å². The number of alkyl halides is 3. The molecule has 0 nitrogen and oxygen atoms in total. The molecule has 14 heavy (non-hydrogen) atoms. The van der Waals surface area contributed by atoms with Crippen LogP contribution in [0.25, 0.3) is 10.1 Å². The standard InChI is InChI=1S/C9H3ClF3S/c10-5-1-2-6-7(9(11,12)13)4-14-8(6)3-5/h1-3H. The minimum Gasteiger partial charge on any atom is -0.166 e. The molecular formula is C9H3ClF3S. The van der Waals surface area contributed by atoms with E-state index in [0.717, 1.165) is 11.3 Å². The van der Waals surface area contributed by atoms with E-state index in [0.29, 0.717) is 9.72 Å². The molecule has 73 valence electrons. The van der Waals surface area contributed by atoms with Gasteiger partial charge in [-0.2, -0.15) is 13.2 Å². The van der Waals surface area contributed by atoms with E-state index in [1.807, 2.05) is 0 Å². The summed E-state index contributed by atoms with van der Waals surface area (Å²) in [5.41, 5.74) is -0.714. The lowest BCUT2D eigenvalue weighted by atomic mass is 10.2. The van der Waals surface area contributed by atoms with Crippen molar-refractivity contribution in [1.82, 2.24) is 0 Å². The second-order valence-corrected chi connectivity index (χ2v) is 4.00. The lowest BCUT2D eigenvalue weighted by Crippen LogP contribution is -2.03. The first-order valence-electron chi connectivity index (χ1n) is 3.65. The van der Waals surface area contributed by atoms with Gasteiger partial charge in [-0.15, -0.1) is 11.3 Å². The maximum Gasteiger partial charge on any atom is 0.418 e. The zero-order chi connectivity index (χ0) is 10.3. The van der Waals surface area contributed by atoms with E-state index < -0.39 is 11.7 Å². The highest BCUT2D eigenvalue weighted by atomic mass is 35.5. The fourth-order valence-corrected chi connectivity index (χ4v) is 2.30. The maximum atomic E-state index is 12.4. The van der Waals surface area contributed by atoms with E-state index in [4.69, 9.17) is 11.6 Å². The van der Waals surface area contributed by atoms with Crippen molar-refractivity contribution in [1.29, 1.82) is 0 Å². The topological polar surface area (TPSA) is 0 Å². The average molecular weight is 236 g/mol. The first-order chi connectivity index (χ1) is 6.48. The van der Waals surface area contributed by atoms with Crippen LogP contribution in [0.5, 0.6) is 0 Å². The van der Waals surface area contributed by atoms with Crippen LogP contribution in [-0.4, -0.2) is 0 Å². The first kappa shape index (κ1) is 9.80. The highest BCUT2D eigenvalue weighted by Crippen LogP contribution is 2.38. The van der Waals surface area contributed by atoms with Gasteiger partial charge in [0.25, 0.3) is 0 Å². The summed E-state index contributed by atoms with van der Waals surface area (Å²) in [5.74, 6) is 0. The molecule has 0 atom stereocenters. The van der Waals surface area contributed by atoms with Crippen LogP contribution in [0.4, 0.5) is 13.2 Å². The third kappa shape index (κ3) is 1.60. The van der Waals surface area contributed by atoms with Gasteiger partial charge in [0, 0.05) is 15.1 Å². The van der Waals surface area contributed by atoms with E-state index in [9.17, 15) is 13.2 Å². The molecule has 0 unspecified atom stereocenters. The van der Waals surface area contributed by atoms with Gasteiger partial charge in [0.2, 0.25) is 0 Å². The number of hydrogen-bond donors (Lipinski definition) is 0. The van der Waals surface area contributed by atoms with E-state index in [1.54, 1.807) is 0 Å². The Bertz CT molecular complexity index is 472. The average Bonchev–Trinajstić information content (AvgIpc) is 2.45. The van der Waals surface area contributed by atoms with Gasteiger partial charge < -0.3 is 0 Å². The Morgan fingerprint density at radius 1 is 1.29 bits per heavy atom. The maximum absolute atomic E-state index is 12.4. The summed E-state index contributed by atoms with van der Waals surface area (Å²) in [7, 11) is 0. The second kappa shape index (κ2) is 3.14. The Labute approximate surface area is 86.9 Å². The molecule has 0 N–H and O–H groups in total. The molecule has 1 heterocycles. The van der Waals surface area contributed by atoms with Crippen molar-refractivity contribution >= 4 is 33.0 Å². The predicted molar refractivity (Wildman–Crippen MR) is 50.7 cm³/mol. The number of hydrogen-bond acceptors (Lipinski definition) is 1. The first-order valence-corrected chi connectivity index (χ1v) is 4.85. The van der Waals surface area contributed by atoms with Crippen molar-refractivity contribution in [3.8, 4) is 0 Å². The van der Waals surface area contributed by atoms with Gasteiger partial charge in [-0.3, -0.25) is 0 Å². The summed E-state index contributed by atoms with van der Waals surface area (Å²) in [6.45, 7) is 0. The van der Waals surface area contributed by atoms with Crippen LogP contribution < -0.4 is 0 Å². The van der Waals surface area contributed by atoms with E-state index in [1.165, 1.54) is 18.2 Å². The van der Waals surface area contributed by atoms with E-state index in [2.05, 4.69) is 5.38 Å². The van der Waals surface area contributed by atoms with Crippen molar-refractivity contribution in [2.75, 3.05) is 0 Å². The monoisotopic (exact) mass is 235 g/mol. The van der Waals surface area contributed by atoms with Gasteiger partial charge in [-0.05, 0) is 12.1 Å². The van der Waals surface area contributed by atoms with Crippen LogP contribution >= 0.6 is 22.9 Å². The largest absolute Gasteiger partial charge is 0.418 e. The SMILES string of the molecule is FC(F)(F)c1[c]sc2cc(Cl)ccc12. The van der Waals surface area contributed by atoms with Crippen molar-refractivity contribution in [2.24, 2.45) is 0 Å². The highest BCUT2D eigenvalue weighted by molar-refractivity contribution is 7.17. The number of fused-ring (bicyclic) bond motifs is 1. The number of thiophene rings is 1. The molecule has 2 rings (SSSR count). The summed E-state index contributed by atoms with van der Waals surface area (Å²) in [4.78, 5) is 0. The lowest BCUT2D eigenvalue weighted by Gasteiger charge is -2.03. The van der Waals surface area contributed by atoms with Crippen LogP contribution in [0.2, 0.25) is 5.02 Å². The molecule has 0 spiro atoms. The number of rotatable bonds is 0. The molecule has 0 aliphatic heterocycles. The molecular weight excluding hydrogens is 233 g/mol. The Morgan fingerprint density at radius 3 is 2.64 bits per heavy atom. The molecule has 0 saturated carbocycles. The van der Waals surface area contributed by atoms with Crippen LogP contribution in [0.15, 0.2) is 18.2 Å². The quantitative estimate of drug-likeness (QED) is 0.636. The summed E-state index contributed by atoms with van der Waals surface area (Å²) >= 11 is 6.58. The van der Waals surface area contributed by atoms with Gasteiger partial charge in [0.1, 0.15) is 0 Å². The van der Waals surface area contributed by atoms with Gasteiger partial charge >= 0.3 is 6.18 Å². The van der Waals surface area contributed by atoms with Crippen LogP contribution in [0, 0.1) is 5.38 Å². The highest BCUT2D eigenvalue weighted by Gasteiger charge is 2.33. The number of benzene rings is 1. The summed E-state index contributed by atoms with van der Waals surface area (Å²) < 4.78 is 37.7. The van der Waals surface area contributed by atoms with Gasteiger partial charge in [-0.25, -0.2) is 0 Å². The molecule has 0 aliphatic rings. The summed E-state index contributed by atoms with van der Waals surface area (Å²) in [6, 6.07) is 4.32. The minimum atomic E-state index is -4.34. The second-order valence-electron chi connectivity index (χ2n) is 2.72. The van der Waals surface area contributed by atoms with Gasteiger partial charge in [-0.1, -0.05) is 17.7 Å². The number of halogens is 4. The zero-order valence-corrected chi connectivity index (χ0v) is 8.22. The fraction of sp³-hybridized carbons (Fsp3) is 0.111. The molecule has 5 heteroatoms. The molecule has 2 aromatic rings. The van der Waals surface area contributed by atoms with Crippen LogP contribution in [0.3, 0.4) is 0 Å². The molecule has 0 bridgehead atoms. The Morgan fingerprint density at radius 2 is 2.00 bits per heavy atom. The molecule has 1 radical (unpaired) electrons. The fourth-order valence-electron chi connectivity index (χ4n) is 1.16. The van der Waals surface area contributed by atoms with Crippen molar-refractivity contribution in [3.63, 3.8) is 0 Å². The molecule has 1 aromatic carbocycles. The van der Waals surface area contributed by atoms with E-state index >= 15 is 0 Å².